The second-order valence-corrected chi connectivity index (χ2v) is 7.60. The molecule has 148 valence electrons. The van der Waals surface area contributed by atoms with Gasteiger partial charge in [0.2, 0.25) is 11.8 Å². The van der Waals surface area contributed by atoms with Gasteiger partial charge in [0.25, 0.3) is 0 Å². The van der Waals surface area contributed by atoms with E-state index in [-0.39, 0.29) is 11.8 Å². The Labute approximate surface area is 161 Å². The molecule has 0 atom stereocenters. The van der Waals surface area contributed by atoms with E-state index < -0.39 is 0 Å². The van der Waals surface area contributed by atoms with E-state index in [0.717, 1.165) is 63.2 Å². The van der Waals surface area contributed by atoms with Crippen LogP contribution in [0.4, 0.5) is 0 Å². The van der Waals surface area contributed by atoms with Crippen molar-refractivity contribution in [3.8, 4) is 5.75 Å². The van der Waals surface area contributed by atoms with Crippen molar-refractivity contribution >= 4 is 11.8 Å². The fourth-order valence-electron chi connectivity index (χ4n) is 3.86. The number of ether oxygens (including phenoxy) is 1. The lowest BCUT2D eigenvalue weighted by atomic mass is 9.95. The summed E-state index contributed by atoms with van der Waals surface area (Å²) in [5.74, 6) is 1.32. The summed E-state index contributed by atoms with van der Waals surface area (Å²) in [6, 6.07) is 7.88. The number of benzene rings is 1. The molecular formula is C21H31N3O3. The highest BCUT2D eigenvalue weighted by Gasteiger charge is 2.30. The maximum absolute atomic E-state index is 12.5. The molecule has 6 heteroatoms. The van der Waals surface area contributed by atoms with Crippen LogP contribution in [0, 0.1) is 12.8 Å². The minimum absolute atomic E-state index is 0.0205. The molecule has 6 nitrogen and oxygen atoms in total. The molecule has 27 heavy (non-hydrogen) atoms. The first kappa shape index (κ1) is 19.7. The zero-order chi connectivity index (χ0) is 19.1. The third kappa shape index (κ3) is 5.96. The first-order valence-corrected chi connectivity index (χ1v) is 10.1. The number of likely N-dealkylation sites (tertiary alicyclic amines) is 2. The molecular weight excluding hydrogens is 342 g/mol. The quantitative estimate of drug-likeness (QED) is 0.741. The van der Waals surface area contributed by atoms with Crippen molar-refractivity contribution in [3.63, 3.8) is 0 Å². The number of amides is 2. The highest BCUT2D eigenvalue weighted by molar-refractivity contribution is 5.79. The van der Waals surface area contributed by atoms with Crippen LogP contribution in [0.25, 0.3) is 0 Å². The maximum Gasteiger partial charge on any atom is 0.234 e. The Hall–Kier alpha value is -2.08. The second-order valence-electron chi connectivity index (χ2n) is 7.60. The summed E-state index contributed by atoms with van der Waals surface area (Å²) in [6.45, 7) is 6.86. The smallest absolute Gasteiger partial charge is 0.234 e. The van der Waals surface area contributed by atoms with Crippen molar-refractivity contribution < 1.29 is 14.3 Å². The molecule has 0 bridgehead atoms. The van der Waals surface area contributed by atoms with Crippen molar-refractivity contribution in [1.82, 2.24) is 15.1 Å². The van der Waals surface area contributed by atoms with Gasteiger partial charge in [0.05, 0.1) is 13.1 Å². The van der Waals surface area contributed by atoms with Gasteiger partial charge in [-0.15, -0.1) is 0 Å². The second kappa shape index (κ2) is 9.74. The van der Waals surface area contributed by atoms with Gasteiger partial charge in [-0.2, -0.15) is 0 Å². The maximum atomic E-state index is 12.5. The molecule has 0 spiro atoms. The molecule has 2 aliphatic rings. The van der Waals surface area contributed by atoms with E-state index in [2.05, 4.69) is 10.2 Å². The Bertz CT molecular complexity index is 635. The number of carbonyl (C=O) groups is 2. The average Bonchev–Trinajstić information content (AvgIpc) is 3.20. The molecule has 2 saturated heterocycles. The minimum Gasteiger partial charge on any atom is -0.492 e. The molecule has 3 rings (SSSR count). The van der Waals surface area contributed by atoms with E-state index in [4.69, 9.17) is 4.74 Å². The van der Waals surface area contributed by atoms with E-state index >= 15 is 0 Å². The number of hydrogen-bond donors (Lipinski definition) is 1. The van der Waals surface area contributed by atoms with Crippen LogP contribution in [0.5, 0.6) is 5.75 Å². The summed E-state index contributed by atoms with van der Waals surface area (Å²) in [5.41, 5.74) is 1.16. The molecule has 0 saturated carbocycles. The summed E-state index contributed by atoms with van der Waals surface area (Å²) >= 11 is 0. The van der Waals surface area contributed by atoms with Crippen molar-refractivity contribution in [1.29, 1.82) is 0 Å². The van der Waals surface area contributed by atoms with Gasteiger partial charge in [-0.1, -0.05) is 12.1 Å². The summed E-state index contributed by atoms with van der Waals surface area (Å²) in [5, 5.41) is 2.91. The number of rotatable bonds is 7. The summed E-state index contributed by atoms with van der Waals surface area (Å²) in [4.78, 5) is 28.7. The van der Waals surface area contributed by atoms with Crippen molar-refractivity contribution in [2.24, 2.45) is 5.92 Å². The SMILES string of the molecule is Cc1cccc(OCCNC(=O)CN2CCC(C(=O)N3CCCC3)CC2)c1. The third-order valence-electron chi connectivity index (χ3n) is 5.40. The number of piperidine rings is 1. The van der Waals surface area contributed by atoms with Gasteiger partial charge in [0.1, 0.15) is 12.4 Å². The summed E-state index contributed by atoms with van der Waals surface area (Å²) in [7, 11) is 0. The molecule has 1 aromatic rings. The standard InChI is InChI=1S/C21H31N3O3/c1-17-5-4-6-19(15-17)27-14-9-22-20(25)16-23-12-7-18(8-13-23)21(26)24-10-2-3-11-24/h4-6,15,18H,2-3,7-14,16H2,1H3,(H,22,25). The Kier molecular flexibility index (Phi) is 7.10. The normalized spacial score (nSPS) is 18.5. The molecule has 2 heterocycles. The van der Waals surface area contributed by atoms with Crippen LogP contribution in [-0.4, -0.2) is 67.5 Å². The van der Waals surface area contributed by atoms with Crippen molar-refractivity contribution in [2.45, 2.75) is 32.6 Å². The predicted octanol–water partition coefficient (Wildman–Crippen LogP) is 1.82. The van der Waals surface area contributed by atoms with Crippen molar-refractivity contribution in [3.05, 3.63) is 29.8 Å². The topological polar surface area (TPSA) is 61.9 Å². The molecule has 2 fully saturated rings. The van der Waals surface area contributed by atoms with E-state index in [9.17, 15) is 9.59 Å². The first-order chi connectivity index (χ1) is 13.1. The zero-order valence-electron chi connectivity index (χ0n) is 16.3. The molecule has 1 N–H and O–H groups in total. The van der Waals surface area contributed by atoms with Gasteiger partial charge >= 0.3 is 0 Å². The van der Waals surface area contributed by atoms with Crippen LogP contribution in [0.3, 0.4) is 0 Å². The Morgan fingerprint density at radius 1 is 1.15 bits per heavy atom. The number of carbonyl (C=O) groups excluding carboxylic acids is 2. The van der Waals surface area contributed by atoms with E-state index in [1.54, 1.807) is 0 Å². The van der Waals surface area contributed by atoms with Gasteiger partial charge in [-0.05, 0) is 63.4 Å². The van der Waals surface area contributed by atoms with Crippen LogP contribution < -0.4 is 10.1 Å². The average molecular weight is 373 g/mol. The number of hydrogen-bond acceptors (Lipinski definition) is 4. The predicted molar refractivity (Wildman–Crippen MR) is 105 cm³/mol. The van der Waals surface area contributed by atoms with E-state index in [0.29, 0.717) is 25.6 Å². The first-order valence-electron chi connectivity index (χ1n) is 10.1. The fourth-order valence-corrected chi connectivity index (χ4v) is 3.86. The van der Waals surface area contributed by atoms with Gasteiger partial charge in [-0.3, -0.25) is 14.5 Å². The van der Waals surface area contributed by atoms with Gasteiger partial charge in [-0.25, -0.2) is 0 Å². The lowest BCUT2D eigenvalue weighted by Gasteiger charge is -2.32. The largest absolute Gasteiger partial charge is 0.492 e. The fraction of sp³-hybridized carbons (Fsp3) is 0.619. The van der Waals surface area contributed by atoms with Crippen LogP contribution in [0.2, 0.25) is 0 Å². The molecule has 2 amide bonds. The van der Waals surface area contributed by atoms with Crippen LogP contribution >= 0.6 is 0 Å². The number of nitrogens with zero attached hydrogens (tertiary/aromatic N) is 2. The Balaban J connectivity index is 1.29. The van der Waals surface area contributed by atoms with E-state index in [1.165, 1.54) is 0 Å². The number of nitrogens with one attached hydrogen (secondary N) is 1. The minimum atomic E-state index is 0.0205. The zero-order valence-corrected chi connectivity index (χ0v) is 16.3. The van der Waals surface area contributed by atoms with Crippen LogP contribution in [0.1, 0.15) is 31.2 Å². The molecule has 2 aliphatic heterocycles. The Morgan fingerprint density at radius 2 is 1.89 bits per heavy atom. The van der Waals surface area contributed by atoms with Gasteiger partial charge < -0.3 is 15.0 Å². The molecule has 0 unspecified atom stereocenters. The highest BCUT2D eigenvalue weighted by Crippen LogP contribution is 2.21. The van der Waals surface area contributed by atoms with Gasteiger partial charge in [0.15, 0.2) is 0 Å². The monoisotopic (exact) mass is 373 g/mol. The summed E-state index contributed by atoms with van der Waals surface area (Å²) < 4.78 is 5.65. The lowest BCUT2D eigenvalue weighted by Crippen LogP contribution is -2.45. The highest BCUT2D eigenvalue weighted by atomic mass is 16.5. The summed E-state index contributed by atoms with van der Waals surface area (Å²) in [6.07, 6.45) is 3.99. The third-order valence-corrected chi connectivity index (χ3v) is 5.40. The number of aryl methyl sites for hydroxylation is 1. The van der Waals surface area contributed by atoms with Gasteiger partial charge in [0, 0.05) is 19.0 Å². The van der Waals surface area contributed by atoms with E-state index in [1.807, 2.05) is 36.1 Å². The molecule has 0 radical (unpaired) electrons. The lowest BCUT2D eigenvalue weighted by molar-refractivity contribution is -0.136. The van der Waals surface area contributed by atoms with Crippen LogP contribution in [-0.2, 0) is 9.59 Å². The molecule has 0 aromatic heterocycles. The van der Waals surface area contributed by atoms with Crippen LogP contribution in [0.15, 0.2) is 24.3 Å². The molecule has 0 aliphatic carbocycles. The van der Waals surface area contributed by atoms with Crippen molar-refractivity contribution in [2.75, 3.05) is 45.9 Å². The Morgan fingerprint density at radius 3 is 2.59 bits per heavy atom. The molecule has 1 aromatic carbocycles.